The molecule has 0 aromatic heterocycles. The smallest absolute Gasteiger partial charge is 0.246 e. The molecule has 2 aromatic rings. The molecule has 7 rings (SSSR count). The number of aryl methyl sites for hydroxylation is 1. The Kier molecular flexibility index (Phi) is 6.47. The molecule has 2 bridgehead atoms. The van der Waals surface area contributed by atoms with Crippen LogP contribution >= 0.6 is 11.6 Å². The summed E-state index contributed by atoms with van der Waals surface area (Å²) in [4.78, 5) is 43.6. The van der Waals surface area contributed by atoms with Crippen LogP contribution in [0.1, 0.15) is 43.2 Å². The predicted molar refractivity (Wildman–Crippen MR) is 150 cm³/mol. The van der Waals surface area contributed by atoms with Crippen molar-refractivity contribution in [2.75, 3.05) is 12.1 Å². The topological polar surface area (TPSA) is 106 Å². The molecule has 5 atom stereocenters. The number of nitrogens with one attached hydrogen (secondary N) is 2. The second-order valence-electron chi connectivity index (χ2n) is 11.7. The molecule has 2 saturated heterocycles. The van der Waals surface area contributed by atoms with Crippen LogP contribution in [0.5, 0.6) is 11.5 Å². The molecule has 2 N–H and O–H groups in total. The van der Waals surface area contributed by atoms with E-state index in [9.17, 15) is 14.4 Å². The lowest BCUT2D eigenvalue weighted by Crippen LogP contribution is -2.56. The highest BCUT2D eigenvalue weighted by Gasteiger charge is 2.72. The Morgan fingerprint density at radius 3 is 2.66 bits per heavy atom. The standard InChI is InChI=1S/C31H32ClN3O6/c1-17-7-9-20(14-21(17)32)34-28(36)25-23-11-12-31(41-23)26(25)30(38)35(15-18-8-10-22-24(13-18)40-16-39-22)27(31)29(37)33-19-5-3-2-4-6-19/h7-14,19,23,25-27H,2-6,15-16H2,1H3,(H,33,37)(H,34,36)/t23-,25+,26-,27-,31-/m0/s1. The van der Waals surface area contributed by atoms with E-state index in [0.717, 1.165) is 43.2 Å². The van der Waals surface area contributed by atoms with Gasteiger partial charge >= 0.3 is 0 Å². The molecular weight excluding hydrogens is 546 g/mol. The van der Waals surface area contributed by atoms with Gasteiger partial charge in [0, 0.05) is 23.3 Å². The number of benzene rings is 2. The van der Waals surface area contributed by atoms with E-state index in [1.165, 1.54) is 0 Å². The maximum atomic E-state index is 14.3. The predicted octanol–water partition coefficient (Wildman–Crippen LogP) is 4.12. The zero-order chi connectivity index (χ0) is 28.3. The fraction of sp³-hybridized carbons (Fsp3) is 0.452. The average molecular weight is 578 g/mol. The van der Waals surface area contributed by atoms with Gasteiger partial charge in [-0.2, -0.15) is 0 Å². The molecule has 3 amide bonds. The van der Waals surface area contributed by atoms with Gasteiger partial charge in [-0.05, 0) is 55.2 Å². The van der Waals surface area contributed by atoms with Gasteiger partial charge in [0.2, 0.25) is 24.5 Å². The molecule has 10 heteroatoms. The van der Waals surface area contributed by atoms with Crippen LogP contribution in [-0.4, -0.2) is 53.2 Å². The first kappa shape index (κ1) is 26.3. The minimum atomic E-state index is -1.23. The number of anilines is 1. The van der Waals surface area contributed by atoms with Crippen LogP contribution in [0.3, 0.4) is 0 Å². The first-order valence-electron chi connectivity index (χ1n) is 14.3. The molecule has 214 valence electrons. The molecule has 4 aliphatic heterocycles. The Morgan fingerprint density at radius 2 is 1.85 bits per heavy atom. The van der Waals surface area contributed by atoms with E-state index in [1.807, 2.05) is 37.3 Å². The van der Waals surface area contributed by atoms with Crippen molar-refractivity contribution >= 4 is 35.0 Å². The summed E-state index contributed by atoms with van der Waals surface area (Å²) >= 11 is 6.29. The van der Waals surface area contributed by atoms with E-state index >= 15 is 0 Å². The molecule has 1 spiro atoms. The zero-order valence-corrected chi connectivity index (χ0v) is 23.5. The molecule has 9 nitrogen and oxygen atoms in total. The highest BCUT2D eigenvalue weighted by molar-refractivity contribution is 6.31. The molecule has 1 saturated carbocycles. The van der Waals surface area contributed by atoms with E-state index in [2.05, 4.69) is 10.6 Å². The molecule has 0 unspecified atom stereocenters. The van der Waals surface area contributed by atoms with E-state index in [4.69, 9.17) is 25.8 Å². The van der Waals surface area contributed by atoms with Crippen molar-refractivity contribution in [3.05, 3.63) is 64.7 Å². The van der Waals surface area contributed by atoms with Gasteiger partial charge in [0.15, 0.2) is 11.5 Å². The van der Waals surface area contributed by atoms with Crippen molar-refractivity contribution in [1.29, 1.82) is 0 Å². The second-order valence-corrected chi connectivity index (χ2v) is 12.1. The molecular formula is C31H32ClN3O6. The van der Waals surface area contributed by atoms with Crippen LogP contribution in [-0.2, 0) is 25.7 Å². The van der Waals surface area contributed by atoms with Gasteiger partial charge in [-0.1, -0.05) is 55.1 Å². The molecule has 41 heavy (non-hydrogen) atoms. The largest absolute Gasteiger partial charge is 0.454 e. The molecule has 3 fully saturated rings. The summed E-state index contributed by atoms with van der Waals surface area (Å²) in [6.45, 7) is 2.19. The van der Waals surface area contributed by atoms with E-state index in [-0.39, 0.29) is 37.1 Å². The number of amides is 3. The number of fused-ring (bicyclic) bond motifs is 2. The Morgan fingerprint density at radius 1 is 1.05 bits per heavy atom. The fourth-order valence-electron chi connectivity index (χ4n) is 7.10. The van der Waals surface area contributed by atoms with Crippen LogP contribution in [0.15, 0.2) is 48.6 Å². The molecule has 0 radical (unpaired) electrons. The van der Waals surface area contributed by atoms with E-state index < -0.39 is 29.6 Å². The van der Waals surface area contributed by atoms with Crippen LogP contribution in [0.2, 0.25) is 5.02 Å². The lowest BCUT2D eigenvalue weighted by atomic mass is 9.74. The minimum absolute atomic E-state index is 0.0576. The van der Waals surface area contributed by atoms with Crippen molar-refractivity contribution in [2.24, 2.45) is 11.8 Å². The molecule has 5 aliphatic rings. The van der Waals surface area contributed by atoms with Crippen LogP contribution in [0.4, 0.5) is 5.69 Å². The highest BCUT2D eigenvalue weighted by Crippen LogP contribution is 2.55. The van der Waals surface area contributed by atoms with Gasteiger partial charge in [0.05, 0.1) is 17.9 Å². The van der Waals surface area contributed by atoms with Crippen molar-refractivity contribution in [3.8, 4) is 11.5 Å². The van der Waals surface area contributed by atoms with Gasteiger partial charge in [0.1, 0.15) is 11.6 Å². The quantitative estimate of drug-likeness (QED) is 0.501. The van der Waals surface area contributed by atoms with Crippen LogP contribution < -0.4 is 20.1 Å². The number of carbonyl (C=O) groups excluding carboxylic acids is 3. The van der Waals surface area contributed by atoms with Gasteiger partial charge in [-0.25, -0.2) is 0 Å². The Balaban J connectivity index is 1.21. The lowest BCUT2D eigenvalue weighted by molar-refractivity contribution is -0.142. The number of halogens is 1. The number of likely N-dealkylation sites (tertiary alicyclic amines) is 1. The van der Waals surface area contributed by atoms with Crippen molar-refractivity contribution < 1.29 is 28.6 Å². The lowest BCUT2D eigenvalue weighted by Gasteiger charge is -2.34. The number of carbonyl (C=O) groups is 3. The summed E-state index contributed by atoms with van der Waals surface area (Å²) in [6.07, 6.45) is 8.15. The summed E-state index contributed by atoms with van der Waals surface area (Å²) < 4.78 is 17.5. The maximum absolute atomic E-state index is 14.3. The summed E-state index contributed by atoms with van der Waals surface area (Å²) in [7, 11) is 0. The number of hydrogen-bond donors (Lipinski definition) is 2. The normalized spacial score (nSPS) is 29.6. The summed E-state index contributed by atoms with van der Waals surface area (Å²) in [5.74, 6) is -1.25. The maximum Gasteiger partial charge on any atom is 0.246 e. The van der Waals surface area contributed by atoms with Crippen molar-refractivity contribution in [2.45, 2.75) is 69.4 Å². The van der Waals surface area contributed by atoms with Gasteiger partial charge in [-0.15, -0.1) is 0 Å². The van der Waals surface area contributed by atoms with Crippen molar-refractivity contribution in [1.82, 2.24) is 10.2 Å². The molecule has 4 heterocycles. The van der Waals surface area contributed by atoms with Crippen LogP contribution in [0.25, 0.3) is 0 Å². The highest BCUT2D eigenvalue weighted by atomic mass is 35.5. The monoisotopic (exact) mass is 577 g/mol. The number of nitrogens with zero attached hydrogens (tertiary/aromatic N) is 1. The van der Waals surface area contributed by atoms with Gasteiger partial charge in [0.25, 0.3) is 0 Å². The zero-order valence-electron chi connectivity index (χ0n) is 22.7. The first-order valence-corrected chi connectivity index (χ1v) is 14.7. The number of rotatable bonds is 6. The van der Waals surface area contributed by atoms with Crippen LogP contribution in [0, 0.1) is 18.8 Å². The van der Waals surface area contributed by atoms with Crippen molar-refractivity contribution in [3.63, 3.8) is 0 Å². The molecule has 2 aromatic carbocycles. The van der Waals surface area contributed by atoms with Gasteiger partial charge < -0.3 is 29.7 Å². The third-order valence-corrected chi connectivity index (χ3v) is 9.51. The Labute approximate surface area is 243 Å². The number of ether oxygens (including phenoxy) is 3. The minimum Gasteiger partial charge on any atom is -0.454 e. The summed E-state index contributed by atoms with van der Waals surface area (Å²) in [5.41, 5.74) is 1.000. The van der Waals surface area contributed by atoms with Gasteiger partial charge in [-0.3, -0.25) is 14.4 Å². The average Bonchev–Trinajstić information content (AvgIpc) is 3.72. The second kappa shape index (κ2) is 10.1. The first-order chi connectivity index (χ1) is 19.8. The summed E-state index contributed by atoms with van der Waals surface area (Å²) in [6, 6.07) is 9.94. The Hall–Kier alpha value is -3.56. The fourth-order valence-corrected chi connectivity index (χ4v) is 7.28. The Bertz CT molecular complexity index is 1460. The third kappa shape index (κ3) is 4.37. The van der Waals surface area contributed by atoms with E-state index in [0.29, 0.717) is 22.2 Å². The SMILES string of the molecule is Cc1ccc(NC(=O)[C@@H]2[C@@H]3C=C[C@]4(O3)[C@@H]2C(=O)N(Cc2ccc3c(c2)OCO3)[C@H]4C(=O)NC2CCCCC2)cc1Cl. The summed E-state index contributed by atoms with van der Waals surface area (Å²) in [5, 5.41) is 6.68. The number of hydrogen-bond acceptors (Lipinski definition) is 6. The third-order valence-electron chi connectivity index (χ3n) is 9.11. The molecule has 1 aliphatic carbocycles. The van der Waals surface area contributed by atoms with E-state index in [1.54, 1.807) is 23.1 Å².